The first-order chi connectivity index (χ1) is 12.0. The molecule has 1 saturated heterocycles. The van der Waals surface area contributed by atoms with Crippen LogP contribution in [0.2, 0.25) is 0 Å². The Labute approximate surface area is 143 Å². The monoisotopic (exact) mass is 350 g/mol. The number of benzene rings is 1. The Balaban J connectivity index is 1.76. The zero-order valence-corrected chi connectivity index (χ0v) is 13.4. The lowest BCUT2D eigenvalue weighted by atomic mass is 10.1. The van der Waals surface area contributed by atoms with Crippen molar-refractivity contribution >= 4 is 17.9 Å². The second-order valence-corrected chi connectivity index (χ2v) is 5.22. The van der Waals surface area contributed by atoms with Crippen LogP contribution in [-0.4, -0.2) is 61.6 Å². The molecule has 2 rings (SSSR count). The smallest absolute Gasteiger partial charge is 0.338 e. The van der Waals surface area contributed by atoms with Crippen molar-refractivity contribution in [1.82, 2.24) is 0 Å². The Morgan fingerprint density at radius 1 is 1.12 bits per heavy atom. The molecule has 1 aromatic carbocycles. The number of esters is 3. The highest BCUT2D eigenvalue weighted by Gasteiger charge is 2.24. The normalized spacial score (nSPS) is 16.4. The van der Waals surface area contributed by atoms with Gasteiger partial charge in [0.05, 0.1) is 17.7 Å². The van der Waals surface area contributed by atoms with Crippen LogP contribution >= 0.6 is 0 Å². The van der Waals surface area contributed by atoms with E-state index in [0.29, 0.717) is 12.2 Å². The maximum absolute atomic E-state index is 11.9. The summed E-state index contributed by atoms with van der Waals surface area (Å²) in [5.41, 5.74) is 0.505. The van der Waals surface area contributed by atoms with Gasteiger partial charge in [-0.25, -0.2) is 14.4 Å². The molecule has 0 aliphatic carbocycles. The summed E-state index contributed by atoms with van der Waals surface area (Å²) < 4.78 is 19.5. The Kier molecular flexibility index (Phi) is 6.67. The number of aliphatic hydroxyl groups excluding tert-OH is 1. The fraction of sp³-hybridized carbons (Fsp3) is 0.353. The zero-order chi connectivity index (χ0) is 18.2. The first-order valence-electron chi connectivity index (χ1n) is 7.52. The van der Waals surface area contributed by atoms with Gasteiger partial charge in [-0.05, 0) is 24.3 Å². The molecule has 1 aliphatic rings. The Bertz CT molecular complexity index is 633. The summed E-state index contributed by atoms with van der Waals surface area (Å²) in [4.78, 5) is 34.5. The lowest BCUT2D eigenvalue weighted by Gasteiger charge is -2.11. The van der Waals surface area contributed by atoms with Gasteiger partial charge in [-0.3, -0.25) is 0 Å². The largest absolute Gasteiger partial charge is 0.460 e. The lowest BCUT2D eigenvalue weighted by Crippen LogP contribution is -2.25. The Hall–Kier alpha value is -2.71. The van der Waals surface area contributed by atoms with Crippen molar-refractivity contribution in [1.29, 1.82) is 0 Å². The van der Waals surface area contributed by atoms with Crippen LogP contribution in [-0.2, 0) is 23.7 Å². The third-order valence-corrected chi connectivity index (χ3v) is 3.15. The van der Waals surface area contributed by atoms with Crippen LogP contribution in [0.4, 0.5) is 0 Å². The van der Waals surface area contributed by atoms with Gasteiger partial charge in [-0.2, -0.15) is 0 Å². The van der Waals surface area contributed by atoms with Gasteiger partial charge >= 0.3 is 17.9 Å². The fourth-order valence-electron chi connectivity index (χ4n) is 1.70. The average molecular weight is 350 g/mol. The fourth-order valence-corrected chi connectivity index (χ4v) is 1.70. The quantitative estimate of drug-likeness (QED) is 0.296. The number of aliphatic hydroxyl groups is 1. The van der Waals surface area contributed by atoms with Crippen molar-refractivity contribution in [2.75, 3.05) is 26.4 Å². The molecule has 0 aromatic heterocycles. The summed E-state index contributed by atoms with van der Waals surface area (Å²) in [6, 6.07) is 5.71. The highest BCUT2D eigenvalue weighted by molar-refractivity contribution is 5.93. The third kappa shape index (κ3) is 6.36. The van der Waals surface area contributed by atoms with E-state index in [1.54, 1.807) is 0 Å². The summed E-state index contributed by atoms with van der Waals surface area (Å²) in [6.07, 6.45) is -0.203. The minimum atomic E-state index is -1.15. The molecule has 0 radical (unpaired) electrons. The number of epoxide rings is 1. The molecule has 0 spiro atoms. The molecule has 1 aliphatic heterocycles. The van der Waals surface area contributed by atoms with E-state index in [1.165, 1.54) is 24.3 Å². The Morgan fingerprint density at radius 3 is 2.16 bits per heavy atom. The molecule has 1 fully saturated rings. The van der Waals surface area contributed by atoms with E-state index in [4.69, 9.17) is 14.2 Å². The molecule has 2 unspecified atom stereocenters. The summed E-state index contributed by atoms with van der Waals surface area (Å²) in [5.74, 6) is -1.86. The second-order valence-electron chi connectivity index (χ2n) is 5.22. The highest BCUT2D eigenvalue weighted by Crippen LogP contribution is 2.12. The molecule has 8 nitrogen and oxygen atoms in total. The van der Waals surface area contributed by atoms with E-state index in [1.807, 2.05) is 0 Å². The molecule has 8 heteroatoms. The number of carbonyl (C=O) groups excluding carboxylic acids is 3. The van der Waals surface area contributed by atoms with Gasteiger partial charge < -0.3 is 24.1 Å². The number of rotatable bonds is 9. The minimum Gasteiger partial charge on any atom is -0.460 e. The zero-order valence-electron chi connectivity index (χ0n) is 13.4. The van der Waals surface area contributed by atoms with Gasteiger partial charge in [-0.15, -0.1) is 0 Å². The molecule has 2 atom stereocenters. The van der Waals surface area contributed by atoms with E-state index in [2.05, 4.69) is 11.3 Å². The molecule has 25 heavy (non-hydrogen) atoms. The highest BCUT2D eigenvalue weighted by atomic mass is 16.6. The van der Waals surface area contributed by atoms with Crippen LogP contribution in [0.25, 0.3) is 0 Å². The first kappa shape index (κ1) is 18.6. The molecular formula is C17H18O8. The minimum absolute atomic E-state index is 0.0182. The first-order valence-corrected chi connectivity index (χ1v) is 7.52. The predicted octanol–water partition coefficient (Wildman–Crippen LogP) is 0.489. The maximum atomic E-state index is 11.9. The molecule has 1 heterocycles. The summed E-state index contributed by atoms with van der Waals surface area (Å²) >= 11 is 0. The van der Waals surface area contributed by atoms with Gasteiger partial charge in [0, 0.05) is 6.08 Å². The molecule has 1 aromatic rings. The second kappa shape index (κ2) is 8.95. The molecule has 0 bridgehead atoms. The SMILES string of the molecule is C=CC(=O)OCC(O)COC(=O)c1ccc(C(=O)OCC2CO2)cc1. The van der Waals surface area contributed by atoms with E-state index in [-0.39, 0.29) is 31.5 Å². The van der Waals surface area contributed by atoms with Gasteiger partial charge in [0.15, 0.2) is 0 Å². The van der Waals surface area contributed by atoms with Crippen LogP contribution in [0.3, 0.4) is 0 Å². The van der Waals surface area contributed by atoms with Gasteiger partial charge in [0.2, 0.25) is 0 Å². The summed E-state index contributed by atoms with van der Waals surface area (Å²) in [6.45, 7) is 3.36. The maximum Gasteiger partial charge on any atom is 0.338 e. The van der Waals surface area contributed by atoms with Crippen LogP contribution in [0.1, 0.15) is 20.7 Å². The van der Waals surface area contributed by atoms with Crippen LogP contribution in [0.5, 0.6) is 0 Å². The van der Waals surface area contributed by atoms with E-state index < -0.39 is 24.0 Å². The molecule has 134 valence electrons. The average Bonchev–Trinajstić information content (AvgIpc) is 3.46. The predicted molar refractivity (Wildman–Crippen MR) is 83.9 cm³/mol. The third-order valence-electron chi connectivity index (χ3n) is 3.15. The van der Waals surface area contributed by atoms with Crippen molar-refractivity contribution in [2.24, 2.45) is 0 Å². The Morgan fingerprint density at radius 2 is 1.64 bits per heavy atom. The number of carbonyl (C=O) groups is 3. The number of hydrogen-bond acceptors (Lipinski definition) is 8. The molecule has 0 saturated carbocycles. The van der Waals surface area contributed by atoms with Gasteiger partial charge in [0.25, 0.3) is 0 Å². The summed E-state index contributed by atoms with van der Waals surface area (Å²) in [7, 11) is 0. The standard InChI is InChI=1S/C17H18O8/c1-2-15(19)23-7-13(18)8-24-16(20)11-3-5-12(6-4-11)17(21)25-10-14-9-22-14/h2-6,13-14,18H,1,7-10H2. The van der Waals surface area contributed by atoms with Crippen molar-refractivity contribution in [3.05, 3.63) is 48.0 Å². The van der Waals surface area contributed by atoms with Crippen molar-refractivity contribution in [2.45, 2.75) is 12.2 Å². The van der Waals surface area contributed by atoms with Crippen LogP contribution in [0.15, 0.2) is 36.9 Å². The molecule has 1 N–H and O–H groups in total. The van der Waals surface area contributed by atoms with Crippen molar-refractivity contribution in [3.63, 3.8) is 0 Å². The van der Waals surface area contributed by atoms with Crippen molar-refractivity contribution in [3.8, 4) is 0 Å². The topological polar surface area (TPSA) is 112 Å². The number of ether oxygens (including phenoxy) is 4. The van der Waals surface area contributed by atoms with E-state index in [9.17, 15) is 19.5 Å². The van der Waals surface area contributed by atoms with E-state index >= 15 is 0 Å². The summed E-state index contributed by atoms with van der Waals surface area (Å²) in [5, 5.41) is 9.56. The van der Waals surface area contributed by atoms with Gasteiger partial charge in [0.1, 0.15) is 32.0 Å². The lowest BCUT2D eigenvalue weighted by molar-refractivity contribution is -0.141. The molecule has 0 amide bonds. The number of hydrogen-bond donors (Lipinski definition) is 1. The van der Waals surface area contributed by atoms with Crippen LogP contribution in [0, 0.1) is 0 Å². The van der Waals surface area contributed by atoms with Crippen LogP contribution < -0.4 is 0 Å². The van der Waals surface area contributed by atoms with Gasteiger partial charge in [-0.1, -0.05) is 6.58 Å². The van der Waals surface area contributed by atoms with E-state index in [0.717, 1.165) is 6.08 Å². The van der Waals surface area contributed by atoms with Crippen molar-refractivity contribution < 1.29 is 38.4 Å². The molecular weight excluding hydrogens is 332 g/mol.